The number of aromatic amines is 2. The van der Waals surface area contributed by atoms with E-state index in [2.05, 4.69) is 46.3 Å². The molecule has 9 nitrogen and oxygen atoms in total. The summed E-state index contributed by atoms with van der Waals surface area (Å²) in [5.41, 5.74) is 2.23. The van der Waals surface area contributed by atoms with Crippen molar-refractivity contribution in [2.75, 3.05) is 7.05 Å². The third-order valence-electron chi connectivity index (χ3n) is 3.73. The van der Waals surface area contributed by atoms with E-state index in [1.165, 1.54) is 17.4 Å². The largest absolute Gasteiger partial charge is 0.480 e. The lowest BCUT2D eigenvalue weighted by Gasteiger charge is -2.20. The van der Waals surface area contributed by atoms with Gasteiger partial charge in [-0.3, -0.25) is 5.10 Å². The lowest BCUT2D eigenvalue weighted by Crippen LogP contribution is -2.47. The second-order valence-electron chi connectivity index (χ2n) is 7.01. The van der Waals surface area contributed by atoms with E-state index >= 15 is 0 Å². The lowest BCUT2D eigenvalue weighted by molar-refractivity contribution is -0.139. The molecule has 2 aromatic heterocycles. The number of imidazole rings is 1. The highest BCUT2D eigenvalue weighted by Gasteiger charge is 2.23. The van der Waals surface area contributed by atoms with Crippen LogP contribution in [-0.2, 0) is 23.2 Å². The first kappa shape index (κ1) is 18.5. The van der Waals surface area contributed by atoms with Crippen molar-refractivity contribution >= 4 is 12.0 Å². The van der Waals surface area contributed by atoms with Crippen LogP contribution in [-0.4, -0.2) is 55.3 Å². The zero-order valence-electron chi connectivity index (χ0n) is 14.8. The molecule has 2 aromatic rings. The molecule has 0 aromatic carbocycles. The number of nitrogens with one attached hydrogen (secondary N) is 3. The van der Waals surface area contributed by atoms with E-state index in [1.54, 1.807) is 7.05 Å². The molecule has 0 fully saturated rings. The van der Waals surface area contributed by atoms with Gasteiger partial charge in [-0.1, -0.05) is 20.8 Å². The molecule has 0 spiro atoms. The third-order valence-corrected chi connectivity index (χ3v) is 3.73. The van der Waals surface area contributed by atoms with Gasteiger partial charge < -0.3 is 20.3 Å². The number of carboxylic acid groups (broad SMARTS) is 1. The van der Waals surface area contributed by atoms with Gasteiger partial charge in [-0.25, -0.2) is 14.6 Å². The molecular formula is C16H24N6O3. The van der Waals surface area contributed by atoms with Crippen molar-refractivity contribution in [3.63, 3.8) is 0 Å². The number of rotatable bonds is 6. The number of aliphatic carboxylic acids is 1. The molecule has 136 valence electrons. The van der Waals surface area contributed by atoms with Crippen LogP contribution < -0.4 is 5.32 Å². The van der Waals surface area contributed by atoms with Crippen LogP contribution in [0.15, 0.2) is 18.6 Å². The molecule has 0 aliphatic rings. The van der Waals surface area contributed by atoms with Crippen molar-refractivity contribution in [1.82, 2.24) is 30.4 Å². The Labute approximate surface area is 145 Å². The van der Waals surface area contributed by atoms with Crippen molar-refractivity contribution in [2.45, 2.75) is 45.2 Å². The Balaban J connectivity index is 1.96. The fourth-order valence-electron chi connectivity index (χ4n) is 2.23. The third kappa shape index (κ3) is 5.07. The first-order chi connectivity index (χ1) is 11.7. The number of amides is 2. The molecule has 9 heteroatoms. The van der Waals surface area contributed by atoms with E-state index in [-0.39, 0.29) is 11.8 Å². The molecule has 2 rings (SSSR count). The van der Waals surface area contributed by atoms with Crippen molar-refractivity contribution in [2.24, 2.45) is 0 Å². The second-order valence-corrected chi connectivity index (χ2v) is 7.01. The Morgan fingerprint density at radius 1 is 1.36 bits per heavy atom. The van der Waals surface area contributed by atoms with Gasteiger partial charge in [0, 0.05) is 30.8 Å². The van der Waals surface area contributed by atoms with Gasteiger partial charge in [0.05, 0.1) is 24.3 Å². The quantitative estimate of drug-likeness (QED) is 0.625. The van der Waals surface area contributed by atoms with Gasteiger partial charge in [-0.15, -0.1) is 0 Å². The molecule has 2 amide bonds. The summed E-state index contributed by atoms with van der Waals surface area (Å²) in [4.78, 5) is 31.7. The summed E-state index contributed by atoms with van der Waals surface area (Å²) in [5, 5.41) is 19.0. The van der Waals surface area contributed by atoms with Crippen LogP contribution >= 0.6 is 0 Å². The molecule has 0 aliphatic heterocycles. The number of urea groups is 1. The van der Waals surface area contributed by atoms with Gasteiger partial charge in [0.15, 0.2) is 0 Å². The lowest BCUT2D eigenvalue weighted by atomic mass is 9.92. The summed E-state index contributed by atoms with van der Waals surface area (Å²) in [7, 11) is 1.60. The highest BCUT2D eigenvalue weighted by Crippen LogP contribution is 2.20. The molecule has 25 heavy (non-hydrogen) atoms. The summed E-state index contributed by atoms with van der Waals surface area (Å²) >= 11 is 0. The van der Waals surface area contributed by atoms with Crippen LogP contribution in [0.1, 0.15) is 37.9 Å². The number of hydrogen-bond donors (Lipinski definition) is 4. The maximum atomic E-state index is 12.3. The SMILES string of the molecule is CN(Cc1cc(C(C)(C)C)n[nH]1)C(=O)NC(Cc1cnc[nH]1)C(=O)O. The number of carbonyl (C=O) groups excluding carboxylic acids is 1. The molecule has 0 radical (unpaired) electrons. The first-order valence-corrected chi connectivity index (χ1v) is 7.93. The van der Waals surface area contributed by atoms with Gasteiger partial charge >= 0.3 is 12.0 Å². The fraction of sp³-hybridized carbons (Fsp3) is 0.500. The first-order valence-electron chi connectivity index (χ1n) is 7.93. The van der Waals surface area contributed by atoms with E-state index < -0.39 is 18.0 Å². The number of H-pyrrole nitrogens is 2. The number of nitrogens with zero attached hydrogens (tertiary/aromatic N) is 3. The monoisotopic (exact) mass is 348 g/mol. The summed E-state index contributed by atoms with van der Waals surface area (Å²) in [6.07, 6.45) is 3.13. The normalized spacial score (nSPS) is 12.6. The minimum absolute atomic E-state index is 0.0892. The van der Waals surface area contributed by atoms with Crippen molar-refractivity contribution in [3.05, 3.63) is 35.7 Å². The van der Waals surface area contributed by atoms with Gasteiger partial charge in [-0.2, -0.15) is 5.10 Å². The Kier molecular flexibility index (Phi) is 5.45. The number of aromatic nitrogens is 4. The number of carbonyl (C=O) groups is 2. The predicted molar refractivity (Wildman–Crippen MR) is 91.0 cm³/mol. The zero-order chi connectivity index (χ0) is 18.6. The summed E-state index contributed by atoms with van der Waals surface area (Å²) in [5.74, 6) is -1.10. The molecule has 2 heterocycles. The molecule has 0 aliphatic carbocycles. The average Bonchev–Trinajstić information content (AvgIpc) is 3.17. The van der Waals surface area contributed by atoms with Gasteiger partial charge in [0.2, 0.25) is 0 Å². The smallest absolute Gasteiger partial charge is 0.326 e. The molecule has 0 saturated carbocycles. The maximum Gasteiger partial charge on any atom is 0.326 e. The number of carboxylic acids is 1. The van der Waals surface area contributed by atoms with Crippen LogP contribution in [0.25, 0.3) is 0 Å². The minimum Gasteiger partial charge on any atom is -0.480 e. The summed E-state index contributed by atoms with van der Waals surface area (Å²) < 4.78 is 0. The average molecular weight is 348 g/mol. The highest BCUT2D eigenvalue weighted by molar-refractivity contribution is 5.82. The van der Waals surface area contributed by atoms with Gasteiger partial charge in [0.25, 0.3) is 0 Å². The second kappa shape index (κ2) is 7.37. The highest BCUT2D eigenvalue weighted by atomic mass is 16.4. The molecule has 1 atom stereocenters. The van der Waals surface area contributed by atoms with Crippen LogP contribution in [0.3, 0.4) is 0 Å². The molecule has 4 N–H and O–H groups in total. The van der Waals surface area contributed by atoms with Crippen molar-refractivity contribution < 1.29 is 14.7 Å². The molecule has 1 unspecified atom stereocenters. The predicted octanol–water partition coefficient (Wildman–Crippen LogP) is 1.27. The summed E-state index contributed by atoms with van der Waals surface area (Å²) in [6.45, 7) is 6.45. The Morgan fingerprint density at radius 2 is 2.08 bits per heavy atom. The van der Waals surface area contributed by atoms with Gasteiger partial charge in [-0.05, 0) is 6.07 Å². The van der Waals surface area contributed by atoms with Gasteiger partial charge in [0.1, 0.15) is 6.04 Å². The van der Waals surface area contributed by atoms with Crippen LogP contribution in [0.2, 0.25) is 0 Å². The summed E-state index contributed by atoms with van der Waals surface area (Å²) in [6, 6.07) is 0.393. The van der Waals surface area contributed by atoms with E-state index in [9.17, 15) is 14.7 Å². The number of hydrogen-bond acceptors (Lipinski definition) is 4. The van der Waals surface area contributed by atoms with Crippen molar-refractivity contribution in [3.8, 4) is 0 Å². The van der Waals surface area contributed by atoms with E-state index in [0.717, 1.165) is 11.4 Å². The zero-order valence-corrected chi connectivity index (χ0v) is 14.8. The van der Waals surface area contributed by atoms with E-state index in [0.29, 0.717) is 12.2 Å². The fourth-order valence-corrected chi connectivity index (χ4v) is 2.23. The Hall–Kier alpha value is -2.84. The molecular weight excluding hydrogens is 324 g/mol. The topological polar surface area (TPSA) is 127 Å². The van der Waals surface area contributed by atoms with E-state index in [4.69, 9.17) is 0 Å². The van der Waals surface area contributed by atoms with Crippen LogP contribution in [0.4, 0.5) is 4.79 Å². The van der Waals surface area contributed by atoms with Crippen LogP contribution in [0.5, 0.6) is 0 Å². The minimum atomic E-state index is -1.10. The maximum absolute atomic E-state index is 12.3. The standard InChI is InChI=1S/C16H24N6O3/c1-16(2,3)13-6-11(20-21-13)8-22(4)15(25)19-12(14(23)24)5-10-7-17-9-18-10/h6-7,9,12H,5,8H2,1-4H3,(H,17,18)(H,19,25)(H,20,21)(H,23,24). The Morgan fingerprint density at radius 3 is 2.60 bits per heavy atom. The molecule has 0 bridgehead atoms. The Bertz CT molecular complexity index is 717. The van der Waals surface area contributed by atoms with E-state index in [1.807, 2.05) is 6.07 Å². The van der Waals surface area contributed by atoms with Crippen LogP contribution in [0, 0.1) is 0 Å². The van der Waals surface area contributed by atoms with Crippen molar-refractivity contribution in [1.29, 1.82) is 0 Å². The molecule has 0 saturated heterocycles.